The highest BCUT2D eigenvalue weighted by Crippen LogP contribution is 2.45. The third-order valence-electron chi connectivity index (χ3n) is 2.54. The van der Waals surface area contributed by atoms with E-state index in [9.17, 15) is 4.79 Å². The monoisotopic (exact) mass is 126 g/mol. The topological polar surface area (TPSA) is 46.3 Å². The standard InChI is InChI=1S/C6H10N2O/c7-8-5(9)4-6(8)2-1-3-6/h1-4,7H2. The maximum Gasteiger partial charge on any atom is 0.239 e. The third-order valence-corrected chi connectivity index (χ3v) is 2.54. The molecule has 1 aliphatic heterocycles. The maximum atomic E-state index is 10.6. The van der Waals surface area contributed by atoms with Gasteiger partial charge >= 0.3 is 0 Å². The van der Waals surface area contributed by atoms with Crippen molar-refractivity contribution in [1.82, 2.24) is 5.01 Å². The quantitative estimate of drug-likeness (QED) is 0.282. The van der Waals surface area contributed by atoms with Crippen LogP contribution in [0.4, 0.5) is 0 Å². The van der Waals surface area contributed by atoms with E-state index in [-0.39, 0.29) is 11.4 Å². The lowest BCUT2D eigenvalue weighted by Crippen LogP contribution is -2.69. The van der Waals surface area contributed by atoms with Crippen molar-refractivity contribution < 1.29 is 4.79 Å². The molecule has 1 saturated carbocycles. The van der Waals surface area contributed by atoms with E-state index < -0.39 is 0 Å². The highest BCUT2D eigenvalue weighted by atomic mass is 16.2. The fourth-order valence-corrected chi connectivity index (χ4v) is 1.63. The zero-order valence-corrected chi connectivity index (χ0v) is 5.26. The zero-order valence-electron chi connectivity index (χ0n) is 5.26. The molecule has 0 radical (unpaired) electrons. The fraction of sp³-hybridized carbons (Fsp3) is 0.833. The smallest absolute Gasteiger partial charge is 0.239 e. The van der Waals surface area contributed by atoms with Gasteiger partial charge in [-0.05, 0) is 19.3 Å². The lowest BCUT2D eigenvalue weighted by Gasteiger charge is -2.55. The average molecular weight is 126 g/mol. The van der Waals surface area contributed by atoms with Gasteiger partial charge in [0.15, 0.2) is 0 Å². The number of hydrogen-bond acceptors (Lipinski definition) is 2. The molecule has 0 bridgehead atoms. The summed E-state index contributed by atoms with van der Waals surface area (Å²) in [6.45, 7) is 0. The largest absolute Gasteiger partial charge is 0.274 e. The van der Waals surface area contributed by atoms with Gasteiger partial charge in [-0.15, -0.1) is 0 Å². The van der Waals surface area contributed by atoms with Crippen molar-refractivity contribution in [1.29, 1.82) is 0 Å². The Labute approximate surface area is 53.8 Å². The summed E-state index contributed by atoms with van der Waals surface area (Å²) in [6.07, 6.45) is 4.18. The summed E-state index contributed by atoms with van der Waals surface area (Å²) in [5.74, 6) is 5.55. The van der Waals surface area contributed by atoms with E-state index in [0.717, 1.165) is 12.8 Å². The van der Waals surface area contributed by atoms with Gasteiger partial charge in [-0.25, -0.2) is 5.84 Å². The predicted octanol–water partition coefficient (Wildman–Crippen LogP) is 0.0151. The number of nitrogens with two attached hydrogens (primary N) is 1. The number of amides is 1. The maximum absolute atomic E-state index is 10.6. The van der Waals surface area contributed by atoms with Gasteiger partial charge in [0.2, 0.25) is 5.91 Å². The second-order valence-electron chi connectivity index (χ2n) is 3.02. The van der Waals surface area contributed by atoms with Crippen LogP contribution >= 0.6 is 0 Å². The number of carbonyl (C=O) groups excluding carboxylic acids is 1. The van der Waals surface area contributed by atoms with E-state index >= 15 is 0 Å². The molecular weight excluding hydrogens is 116 g/mol. The molecule has 0 unspecified atom stereocenters. The molecule has 1 saturated heterocycles. The molecule has 3 nitrogen and oxygen atoms in total. The van der Waals surface area contributed by atoms with Gasteiger partial charge in [0.25, 0.3) is 0 Å². The molecule has 0 aromatic heterocycles. The minimum atomic E-state index is 0.106. The molecule has 1 aliphatic carbocycles. The molecule has 0 atom stereocenters. The van der Waals surface area contributed by atoms with Crippen LogP contribution in [0.25, 0.3) is 0 Å². The number of carbonyl (C=O) groups is 1. The van der Waals surface area contributed by atoms with Gasteiger partial charge in [0.1, 0.15) is 0 Å². The number of nitrogens with zero attached hydrogens (tertiary/aromatic N) is 1. The number of β-lactam (4-membered cyclic amide) rings is 1. The Kier molecular flexibility index (Phi) is 0.750. The molecule has 2 fully saturated rings. The summed E-state index contributed by atoms with van der Waals surface area (Å²) < 4.78 is 0. The highest BCUT2D eigenvalue weighted by molar-refractivity contribution is 5.84. The van der Waals surface area contributed by atoms with Gasteiger partial charge in [-0.2, -0.15) is 0 Å². The number of rotatable bonds is 0. The van der Waals surface area contributed by atoms with Crippen LogP contribution in [0.2, 0.25) is 0 Å². The van der Waals surface area contributed by atoms with Crippen molar-refractivity contribution in [3.8, 4) is 0 Å². The van der Waals surface area contributed by atoms with Gasteiger partial charge in [-0.1, -0.05) is 0 Å². The van der Waals surface area contributed by atoms with E-state index in [1.807, 2.05) is 0 Å². The molecule has 0 aromatic carbocycles. The van der Waals surface area contributed by atoms with Gasteiger partial charge in [-0.3, -0.25) is 9.80 Å². The summed E-state index contributed by atoms with van der Waals surface area (Å²) in [5.41, 5.74) is 0.136. The van der Waals surface area contributed by atoms with Crippen LogP contribution in [0.5, 0.6) is 0 Å². The summed E-state index contributed by atoms with van der Waals surface area (Å²) in [5, 5.41) is 1.41. The zero-order chi connectivity index (χ0) is 6.48. The Morgan fingerprint density at radius 1 is 1.56 bits per heavy atom. The third kappa shape index (κ3) is 0.435. The normalized spacial score (nSPS) is 29.9. The van der Waals surface area contributed by atoms with E-state index in [1.165, 1.54) is 11.4 Å². The molecule has 1 spiro atoms. The van der Waals surface area contributed by atoms with Crippen LogP contribution in [0.1, 0.15) is 25.7 Å². The molecule has 3 heteroatoms. The molecular formula is C6H10N2O. The van der Waals surface area contributed by atoms with Crippen LogP contribution < -0.4 is 5.84 Å². The van der Waals surface area contributed by atoms with Gasteiger partial charge < -0.3 is 0 Å². The van der Waals surface area contributed by atoms with E-state index in [4.69, 9.17) is 5.84 Å². The predicted molar refractivity (Wildman–Crippen MR) is 32.2 cm³/mol. The summed E-state index contributed by atoms with van der Waals surface area (Å²) >= 11 is 0. The Balaban J connectivity index is 2.10. The fourth-order valence-electron chi connectivity index (χ4n) is 1.63. The van der Waals surface area contributed by atoms with Crippen LogP contribution in [-0.2, 0) is 4.79 Å². The number of hydrogen-bond donors (Lipinski definition) is 1. The molecule has 0 aromatic rings. The second kappa shape index (κ2) is 1.29. The van der Waals surface area contributed by atoms with E-state index in [0.29, 0.717) is 6.42 Å². The van der Waals surface area contributed by atoms with Crippen LogP contribution in [0.3, 0.4) is 0 Å². The molecule has 50 valence electrons. The van der Waals surface area contributed by atoms with Crippen molar-refractivity contribution in [2.45, 2.75) is 31.2 Å². The Hall–Kier alpha value is -0.570. The second-order valence-corrected chi connectivity index (χ2v) is 3.02. The minimum absolute atomic E-state index is 0.106. The summed E-state index contributed by atoms with van der Waals surface area (Å²) in [7, 11) is 0. The van der Waals surface area contributed by atoms with Crippen molar-refractivity contribution in [3.05, 3.63) is 0 Å². The van der Waals surface area contributed by atoms with Gasteiger partial charge in [0.05, 0.1) is 12.0 Å². The van der Waals surface area contributed by atoms with Crippen molar-refractivity contribution in [3.63, 3.8) is 0 Å². The first-order valence-electron chi connectivity index (χ1n) is 3.32. The van der Waals surface area contributed by atoms with Crippen molar-refractivity contribution in [2.24, 2.45) is 5.84 Å². The molecule has 2 aliphatic rings. The number of hydrazine groups is 1. The van der Waals surface area contributed by atoms with Crippen LogP contribution in [0, 0.1) is 0 Å². The van der Waals surface area contributed by atoms with E-state index in [1.54, 1.807) is 0 Å². The average Bonchev–Trinajstić information content (AvgIpc) is 1.77. The minimum Gasteiger partial charge on any atom is -0.274 e. The SMILES string of the molecule is NN1C(=O)CC12CCC2. The summed E-state index contributed by atoms with van der Waals surface area (Å²) in [4.78, 5) is 10.6. The Morgan fingerprint density at radius 2 is 2.22 bits per heavy atom. The molecule has 1 amide bonds. The Morgan fingerprint density at radius 3 is 2.33 bits per heavy atom. The molecule has 2 N–H and O–H groups in total. The first-order chi connectivity index (χ1) is 4.25. The van der Waals surface area contributed by atoms with Crippen molar-refractivity contribution >= 4 is 5.91 Å². The lowest BCUT2D eigenvalue weighted by atomic mass is 9.69. The molecule has 1 heterocycles. The Bertz CT molecular complexity index is 162. The van der Waals surface area contributed by atoms with Crippen LogP contribution in [0.15, 0.2) is 0 Å². The highest BCUT2D eigenvalue weighted by Gasteiger charge is 2.53. The van der Waals surface area contributed by atoms with Gasteiger partial charge in [0, 0.05) is 0 Å². The van der Waals surface area contributed by atoms with E-state index in [2.05, 4.69) is 0 Å². The lowest BCUT2D eigenvalue weighted by molar-refractivity contribution is -0.166. The first kappa shape index (κ1) is 5.23. The summed E-state index contributed by atoms with van der Waals surface area (Å²) in [6, 6.07) is 0. The first-order valence-corrected chi connectivity index (χ1v) is 3.32. The van der Waals surface area contributed by atoms with Crippen molar-refractivity contribution in [2.75, 3.05) is 0 Å². The molecule has 2 rings (SSSR count). The van der Waals surface area contributed by atoms with Crippen LogP contribution in [-0.4, -0.2) is 16.5 Å². The molecule has 9 heavy (non-hydrogen) atoms.